The van der Waals surface area contributed by atoms with Gasteiger partial charge in [-0.05, 0) is 37.5 Å². The van der Waals surface area contributed by atoms with E-state index in [0.29, 0.717) is 6.42 Å². The van der Waals surface area contributed by atoms with E-state index in [9.17, 15) is 4.79 Å². The third kappa shape index (κ3) is 24.6. The minimum atomic E-state index is 0.215. The predicted octanol–water partition coefficient (Wildman–Crippen LogP) is 7.95. The normalized spacial score (nSPS) is 10.1. The summed E-state index contributed by atoms with van der Waals surface area (Å²) < 4.78 is 0. The van der Waals surface area contributed by atoms with E-state index in [4.69, 9.17) is 0 Å². The second-order valence-corrected chi connectivity index (χ2v) is 8.51. The van der Waals surface area contributed by atoms with E-state index in [1.54, 1.807) is 0 Å². The van der Waals surface area contributed by atoms with Gasteiger partial charge in [0.25, 0.3) is 0 Å². The highest BCUT2D eigenvalue weighted by molar-refractivity contribution is 5.75. The van der Waals surface area contributed by atoms with Crippen LogP contribution in [0.4, 0.5) is 0 Å². The number of hydrogen-bond donors (Lipinski definition) is 1. The average molecular weight is 416 g/mol. The number of carbonyl (C=O) groups is 1. The van der Waals surface area contributed by atoms with Crippen molar-refractivity contribution in [2.24, 2.45) is 0 Å². The summed E-state index contributed by atoms with van der Waals surface area (Å²) in [7, 11) is 0. The fraction of sp³-hybridized carbons (Fsp3) is 0.821. The second-order valence-electron chi connectivity index (χ2n) is 8.51. The van der Waals surface area contributed by atoms with Crippen molar-refractivity contribution in [1.29, 1.82) is 0 Å². The summed E-state index contributed by atoms with van der Waals surface area (Å²) in [4.78, 5) is 11.5. The van der Waals surface area contributed by atoms with Gasteiger partial charge in [-0.15, -0.1) is 0 Å². The maximum Gasteiger partial charge on any atom is 0.219 e. The Morgan fingerprint density at radius 1 is 0.567 bits per heavy atom. The van der Waals surface area contributed by atoms with Crippen LogP contribution in [0.1, 0.15) is 142 Å². The summed E-state index contributed by atoms with van der Waals surface area (Å²) in [5, 5.41) is 2.93. The molecule has 0 aliphatic rings. The van der Waals surface area contributed by atoms with Crippen LogP contribution < -0.4 is 5.32 Å². The van der Waals surface area contributed by atoms with E-state index in [2.05, 4.69) is 42.8 Å². The molecular weight excluding hydrogens is 366 g/mol. The molecule has 0 spiro atoms. The zero-order chi connectivity index (χ0) is 22.0. The third-order valence-corrected chi connectivity index (χ3v) is 5.42. The van der Waals surface area contributed by atoms with Crippen molar-refractivity contribution in [2.45, 2.75) is 142 Å². The lowest BCUT2D eigenvalue weighted by molar-refractivity contribution is -0.121. The highest BCUT2D eigenvalue weighted by atomic mass is 16.1. The first-order valence-electron chi connectivity index (χ1n) is 13.0. The molecule has 0 saturated heterocycles. The van der Waals surface area contributed by atoms with Crippen molar-refractivity contribution in [3.05, 3.63) is 0 Å². The molecule has 0 aromatic rings. The first-order chi connectivity index (χ1) is 14.8. The van der Waals surface area contributed by atoms with Crippen LogP contribution in [0.15, 0.2) is 0 Å². The molecule has 2 heteroatoms. The van der Waals surface area contributed by atoms with E-state index in [-0.39, 0.29) is 5.91 Å². The summed E-state index contributed by atoms with van der Waals surface area (Å²) in [6, 6.07) is 0. The number of amides is 1. The topological polar surface area (TPSA) is 29.1 Å². The van der Waals surface area contributed by atoms with Gasteiger partial charge in [0.1, 0.15) is 0 Å². The van der Waals surface area contributed by atoms with Gasteiger partial charge in [-0.3, -0.25) is 4.79 Å². The molecule has 0 radical (unpaired) electrons. The zero-order valence-corrected chi connectivity index (χ0v) is 20.3. The van der Waals surface area contributed by atoms with E-state index in [0.717, 1.165) is 32.2 Å². The summed E-state index contributed by atoms with van der Waals surface area (Å²) in [6.07, 6.45) is 24.5. The highest BCUT2D eigenvalue weighted by Crippen LogP contribution is 2.10. The predicted molar refractivity (Wildman–Crippen MR) is 132 cm³/mol. The molecule has 1 amide bonds. The van der Waals surface area contributed by atoms with Crippen LogP contribution in [-0.4, -0.2) is 12.5 Å². The minimum Gasteiger partial charge on any atom is -0.356 e. The molecule has 0 aromatic heterocycles. The molecule has 0 rings (SSSR count). The molecule has 0 aliphatic heterocycles. The van der Waals surface area contributed by atoms with Crippen molar-refractivity contribution in [3.8, 4) is 23.7 Å². The average Bonchev–Trinajstić information content (AvgIpc) is 2.75. The molecule has 30 heavy (non-hydrogen) atoms. The summed E-state index contributed by atoms with van der Waals surface area (Å²) in [5.41, 5.74) is 0. The Bertz CT molecular complexity index is 488. The molecule has 0 bridgehead atoms. The Balaban J connectivity index is 3.28. The molecule has 0 fully saturated rings. The lowest BCUT2D eigenvalue weighted by Gasteiger charge is -2.03. The Morgan fingerprint density at radius 3 is 1.47 bits per heavy atom. The smallest absolute Gasteiger partial charge is 0.219 e. The Morgan fingerprint density at radius 2 is 1.00 bits per heavy atom. The summed E-state index contributed by atoms with van der Waals surface area (Å²) in [5.74, 6) is 12.6. The Hall–Kier alpha value is -1.41. The number of carbonyl (C=O) groups excluding carboxylic acids is 1. The number of nitrogens with one attached hydrogen (secondary N) is 1. The van der Waals surface area contributed by atoms with E-state index >= 15 is 0 Å². The van der Waals surface area contributed by atoms with Crippen LogP contribution in [0.3, 0.4) is 0 Å². The third-order valence-electron chi connectivity index (χ3n) is 5.42. The molecule has 0 aromatic carbocycles. The van der Waals surface area contributed by atoms with Gasteiger partial charge >= 0.3 is 0 Å². The van der Waals surface area contributed by atoms with Crippen LogP contribution in [0.25, 0.3) is 0 Å². The largest absolute Gasteiger partial charge is 0.356 e. The lowest BCUT2D eigenvalue weighted by atomic mass is 10.1. The van der Waals surface area contributed by atoms with E-state index in [1.807, 2.05) is 0 Å². The molecule has 2 nitrogen and oxygen atoms in total. The molecule has 1 N–H and O–H groups in total. The molecule has 172 valence electrons. The maximum atomic E-state index is 11.5. The quantitative estimate of drug-likeness (QED) is 0.159. The molecule has 0 aliphatic carbocycles. The van der Waals surface area contributed by atoms with Gasteiger partial charge in [0.05, 0.1) is 0 Å². The second kappa shape index (κ2) is 25.6. The van der Waals surface area contributed by atoms with Crippen molar-refractivity contribution in [3.63, 3.8) is 0 Å². The fourth-order valence-corrected chi connectivity index (χ4v) is 3.47. The Labute approximate surface area is 188 Å². The monoisotopic (exact) mass is 415 g/mol. The standard InChI is InChI=1S/C28H49NO/c1-3-5-6-7-8-9-10-11-12-13-14-15-16-17-18-19-20-21-22-23-24-25-26-28(30)29-27-4-2/h3-13,18-27H2,1-2H3,(H,29,30). The van der Waals surface area contributed by atoms with Crippen LogP contribution in [0.5, 0.6) is 0 Å². The van der Waals surface area contributed by atoms with Gasteiger partial charge in [-0.25, -0.2) is 0 Å². The van der Waals surface area contributed by atoms with Crippen LogP contribution >= 0.6 is 0 Å². The van der Waals surface area contributed by atoms with Crippen molar-refractivity contribution >= 4 is 5.91 Å². The first kappa shape index (κ1) is 28.6. The number of hydrogen-bond acceptors (Lipinski definition) is 1. The minimum absolute atomic E-state index is 0.215. The van der Waals surface area contributed by atoms with Crippen molar-refractivity contribution in [2.75, 3.05) is 6.54 Å². The van der Waals surface area contributed by atoms with Gasteiger partial charge in [-0.1, -0.05) is 109 Å². The molecule has 0 heterocycles. The molecule has 0 atom stereocenters. The van der Waals surface area contributed by atoms with Gasteiger partial charge in [0, 0.05) is 25.8 Å². The van der Waals surface area contributed by atoms with Crippen molar-refractivity contribution in [1.82, 2.24) is 5.32 Å². The lowest BCUT2D eigenvalue weighted by Crippen LogP contribution is -2.23. The highest BCUT2D eigenvalue weighted by Gasteiger charge is 1.99. The van der Waals surface area contributed by atoms with Crippen LogP contribution in [0, 0.1) is 23.7 Å². The van der Waals surface area contributed by atoms with E-state index in [1.165, 1.54) is 96.3 Å². The maximum absolute atomic E-state index is 11.5. The SMILES string of the molecule is CCCCCCCCCCCC#CC#CCCCCCCCCCC(=O)NCCC. The fourth-order valence-electron chi connectivity index (χ4n) is 3.47. The zero-order valence-electron chi connectivity index (χ0n) is 20.3. The molecule has 0 unspecified atom stereocenters. The first-order valence-corrected chi connectivity index (χ1v) is 13.0. The van der Waals surface area contributed by atoms with Gasteiger partial charge in [0.2, 0.25) is 5.91 Å². The van der Waals surface area contributed by atoms with Crippen molar-refractivity contribution < 1.29 is 4.79 Å². The van der Waals surface area contributed by atoms with Gasteiger partial charge in [-0.2, -0.15) is 0 Å². The Kier molecular flexibility index (Phi) is 24.4. The summed E-state index contributed by atoms with van der Waals surface area (Å²) in [6.45, 7) is 5.17. The number of rotatable bonds is 20. The van der Waals surface area contributed by atoms with E-state index < -0.39 is 0 Å². The van der Waals surface area contributed by atoms with Crippen LogP contribution in [-0.2, 0) is 4.79 Å². The number of unbranched alkanes of at least 4 members (excludes halogenated alkanes) is 16. The summed E-state index contributed by atoms with van der Waals surface area (Å²) >= 11 is 0. The van der Waals surface area contributed by atoms with Gasteiger partial charge in [0.15, 0.2) is 0 Å². The van der Waals surface area contributed by atoms with Gasteiger partial charge < -0.3 is 5.32 Å². The molecule has 0 saturated carbocycles. The molecular formula is C28H49NO. The van der Waals surface area contributed by atoms with Crippen LogP contribution in [0.2, 0.25) is 0 Å².